The van der Waals surface area contributed by atoms with Crippen LogP contribution in [0.3, 0.4) is 0 Å². The highest BCUT2D eigenvalue weighted by atomic mass is 35.5. The molecule has 1 aliphatic heterocycles. The summed E-state index contributed by atoms with van der Waals surface area (Å²) in [7, 11) is 0. The van der Waals surface area contributed by atoms with Crippen LogP contribution in [0.5, 0.6) is 0 Å². The number of amides is 1. The fraction of sp³-hybridized carbons (Fsp3) is 0.250. The van der Waals surface area contributed by atoms with Crippen LogP contribution >= 0.6 is 22.9 Å². The fourth-order valence-corrected chi connectivity index (χ4v) is 4.61. The number of nitriles is 1. The second-order valence-electron chi connectivity index (χ2n) is 6.42. The molecule has 1 aromatic heterocycles. The van der Waals surface area contributed by atoms with Gasteiger partial charge in [0.05, 0.1) is 26.9 Å². The number of thiazole rings is 1. The maximum atomic E-state index is 12.7. The Morgan fingerprint density at radius 2 is 2.04 bits per heavy atom. The van der Waals surface area contributed by atoms with Gasteiger partial charge in [-0.1, -0.05) is 17.7 Å². The van der Waals surface area contributed by atoms with E-state index in [0.717, 1.165) is 28.1 Å². The van der Waals surface area contributed by atoms with E-state index in [1.807, 2.05) is 23.1 Å². The van der Waals surface area contributed by atoms with Gasteiger partial charge in [-0.05, 0) is 49.2 Å². The van der Waals surface area contributed by atoms with E-state index in [9.17, 15) is 4.79 Å². The first-order chi connectivity index (χ1) is 12.6. The van der Waals surface area contributed by atoms with E-state index in [1.54, 1.807) is 35.6 Å². The van der Waals surface area contributed by atoms with Crippen molar-refractivity contribution in [2.24, 2.45) is 0 Å². The minimum atomic E-state index is -0.00312. The number of hydrogen-bond donors (Lipinski definition) is 0. The van der Waals surface area contributed by atoms with Gasteiger partial charge in [0.25, 0.3) is 5.91 Å². The van der Waals surface area contributed by atoms with Crippen LogP contribution in [0.2, 0.25) is 5.02 Å². The van der Waals surface area contributed by atoms with Crippen molar-refractivity contribution in [2.75, 3.05) is 13.1 Å². The molecular formula is C20H16ClN3OS. The molecule has 2 heterocycles. The molecule has 4 nitrogen and oxygen atoms in total. The van der Waals surface area contributed by atoms with Crippen LogP contribution in [0.1, 0.15) is 39.7 Å². The number of halogens is 1. The number of aromatic nitrogens is 1. The number of piperidine rings is 1. The second-order valence-corrected chi connectivity index (χ2v) is 7.92. The summed E-state index contributed by atoms with van der Waals surface area (Å²) in [5, 5.41) is 10.8. The first-order valence-electron chi connectivity index (χ1n) is 8.49. The minimum absolute atomic E-state index is 0.00312. The summed E-state index contributed by atoms with van der Waals surface area (Å²) in [5.74, 6) is 0.373. The van der Waals surface area contributed by atoms with Crippen LogP contribution < -0.4 is 0 Å². The average molecular weight is 382 g/mol. The molecule has 0 radical (unpaired) electrons. The maximum absolute atomic E-state index is 12.7. The predicted molar refractivity (Wildman–Crippen MR) is 104 cm³/mol. The standard InChI is InChI=1S/C20H16ClN3OS/c21-16-4-5-18-17(11-16)23-19(26-18)14-6-8-24(9-7-14)20(25)15-3-1-2-13(10-15)12-22/h1-5,10-11,14H,6-9H2. The molecule has 0 spiro atoms. The molecule has 1 aliphatic rings. The number of likely N-dealkylation sites (tertiary alicyclic amines) is 1. The molecule has 130 valence electrons. The molecule has 0 bridgehead atoms. The van der Waals surface area contributed by atoms with E-state index in [-0.39, 0.29) is 5.91 Å². The number of benzene rings is 2. The third kappa shape index (κ3) is 3.31. The summed E-state index contributed by atoms with van der Waals surface area (Å²) < 4.78 is 1.15. The van der Waals surface area contributed by atoms with Gasteiger partial charge in [0, 0.05) is 29.6 Å². The number of fused-ring (bicyclic) bond motifs is 1. The van der Waals surface area contributed by atoms with Gasteiger partial charge in [-0.3, -0.25) is 4.79 Å². The first-order valence-corrected chi connectivity index (χ1v) is 9.69. The summed E-state index contributed by atoms with van der Waals surface area (Å²) in [6, 6.07) is 14.8. The van der Waals surface area contributed by atoms with Crippen molar-refractivity contribution in [2.45, 2.75) is 18.8 Å². The van der Waals surface area contributed by atoms with Crippen LogP contribution in [0.25, 0.3) is 10.2 Å². The summed E-state index contributed by atoms with van der Waals surface area (Å²) >= 11 is 7.76. The lowest BCUT2D eigenvalue weighted by Crippen LogP contribution is -2.37. The number of nitrogens with zero attached hydrogens (tertiary/aromatic N) is 3. The van der Waals surface area contributed by atoms with Crippen molar-refractivity contribution < 1.29 is 4.79 Å². The lowest BCUT2D eigenvalue weighted by Gasteiger charge is -2.31. The quantitative estimate of drug-likeness (QED) is 0.638. The van der Waals surface area contributed by atoms with Gasteiger partial charge in [-0.2, -0.15) is 5.26 Å². The monoisotopic (exact) mass is 381 g/mol. The van der Waals surface area contributed by atoms with E-state index in [0.29, 0.717) is 35.2 Å². The van der Waals surface area contributed by atoms with Crippen molar-refractivity contribution in [3.05, 3.63) is 63.6 Å². The van der Waals surface area contributed by atoms with Crippen LogP contribution in [0.4, 0.5) is 0 Å². The van der Waals surface area contributed by atoms with Crippen molar-refractivity contribution in [3.63, 3.8) is 0 Å². The number of carbonyl (C=O) groups is 1. The molecule has 0 unspecified atom stereocenters. The highest BCUT2D eigenvalue weighted by Crippen LogP contribution is 2.35. The molecule has 0 atom stereocenters. The predicted octanol–water partition coefficient (Wildman–Crippen LogP) is 4.84. The summed E-state index contributed by atoms with van der Waals surface area (Å²) in [4.78, 5) is 19.3. The number of hydrogen-bond acceptors (Lipinski definition) is 4. The fourth-order valence-electron chi connectivity index (χ4n) is 3.33. The topological polar surface area (TPSA) is 57.0 Å². The lowest BCUT2D eigenvalue weighted by molar-refractivity contribution is 0.0713. The normalized spacial score (nSPS) is 15.2. The van der Waals surface area contributed by atoms with Gasteiger partial charge in [0.15, 0.2) is 0 Å². The molecule has 2 aromatic carbocycles. The molecule has 0 saturated carbocycles. The zero-order valence-corrected chi connectivity index (χ0v) is 15.6. The molecule has 6 heteroatoms. The molecule has 0 aliphatic carbocycles. The van der Waals surface area contributed by atoms with E-state index in [4.69, 9.17) is 21.8 Å². The third-order valence-electron chi connectivity index (χ3n) is 4.74. The molecule has 1 amide bonds. The molecule has 26 heavy (non-hydrogen) atoms. The number of carbonyl (C=O) groups excluding carboxylic acids is 1. The smallest absolute Gasteiger partial charge is 0.253 e. The maximum Gasteiger partial charge on any atom is 0.253 e. The van der Waals surface area contributed by atoms with E-state index >= 15 is 0 Å². The van der Waals surface area contributed by atoms with Crippen LogP contribution in [-0.2, 0) is 0 Å². The second kappa shape index (κ2) is 7.06. The highest BCUT2D eigenvalue weighted by Gasteiger charge is 2.26. The van der Waals surface area contributed by atoms with E-state index in [1.165, 1.54) is 0 Å². The van der Waals surface area contributed by atoms with Crippen LogP contribution in [0.15, 0.2) is 42.5 Å². The van der Waals surface area contributed by atoms with Gasteiger partial charge >= 0.3 is 0 Å². The van der Waals surface area contributed by atoms with Gasteiger partial charge < -0.3 is 4.90 Å². The minimum Gasteiger partial charge on any atom is -0.339 e. The lowest BCUT2D eigenvalue weighted by atomic mass is 9.97. The SMILES string of the molecule is N#Cc1cccc(C(=O)N2CCC(c3nc4cc(Cl)ccc4s3)CC2)c1. The third-order valence-corrected chi connectivity index (χ3v) is 6.17. The Kier molecular flexibility index (Phi) is 4.62. The van der Waals surface area contributed by atoms with Gasteiger partial charge in [-0.15, -0.1) is 11.3 Å². The Hall–Kier alpha value is -2.42. The zero-order chi connectivity index (χ0) is 18.1. The average Bonchev–Trinajstić information content (AvgIpc) is 3.10. The Balaban J connectivity index is 1.46. The van der Waals surface area contributed by atoms with Crippen LogP contribution in [0, 0.1) is 11.3 Å². The van der Waals surface area contributed by atoms with Gasteiger partial charge in [0.1, 0.15) is 0 Å². The summed E-state index contributed by atoms with van der Waals surface area (Å²) in [5.41, 5.74) is 2.04. The van der Waals surface area contributed by atoms with E-state index < -0.39 is 0 Å². The molecule has 1 fully saturated rings. The van der Waals surface area contributed by atoms with Gasteiger partial charge in [0.2, 0.25) is 0 Å². The molecule has 1 saturated heterocycles. The summed E-state index contributed by atoms with van der Waals surface area (Å²) in [6.45, 7) is 1.41. The Morgan fingerprint density at radius 1 is 1.23 bits per heavy atom. The molecule has 4 rings (SSSR count). The van der Waals surface area contributed by atoms with Crippen molar-refractivity contribution in [1.82, 2.24) is 9.88 Å². The Labute approximate surface area is 160 Å². The molecular weight excluding hydrogens is 366 g/mol. The molecule has 3 aromatic rings. The number of rotatable bonds is 2. The van der Waals surface area contributed by atoms with Crippen molar-refractivity contribution in [1.29, 1.82) is 5.26 Å². The summed E-state index contributed by atoms with van der Waals surface area (Å²) in [6.07, 6.45) is 1.80. The largest absolute Gasteiger partial charge is 0.339 e. The van der Waals surface area contributed by atoms with Crippen molar-refractivity contribution >= 4 is 39.1 Å². The highest BCUT2D eigenvalue weighted by molar-refractivity contribution is 7.18. The van der Waals surface area contributed by atoms with E-state index in [2.05, 4.69) is 6.07 Å². The Bertz CT molecular complexity index is 1020. The van der Waals surface area contributed by atoms with Crippen molar-refractivity contribution in [3.8, 4) is 6.07 Å². The first kappa shape index (κ1) is 17.0. The van der Waals surface area contributed by atoms with Crippen LogP contribution in [-0.4, -0.2) is 28.9 Å². The molecule has 0 N–H and O–H groups in total. The van der Waals surface area contributed by atoms with Gasteiger partial charge in [-0.25, -0.2) is 4.98 Å². The zero-order valence-electron chi connectivity index (χ0n) is 14.0. The Morgan fingerprint density at radius 3 is 2.81 bits per heavy atom.